The van der Waals surface area contributed by atoms with Crippen molar-refractivity contribution in [2.45, 2.75) is 20.3 Å². The molecule has 0 saturated carbocycles. The summed E-state index contributed by atoms with van der Waals surface area (Å²) in [6.07, 6.45) is 0.184. The summed E-state index contributed by atoms with van der Waals surface area (Å²) in [4.78, 5) is 34.3. The smallest absolute Gasteiger partial charge is 0.311 e. The standard InChI is InChI=1S/C15H15N3O5S/c1-3-11(19)23-12-8(2)13(24-14(12)16)15(20)17-9-5-4-6-10(7-9)18(21)22/h4-7H,3,16H2,1-2H3,(H,17,20). The molecule has 0 aliphatic rings. The van der Waals surface area contributed by atoms with Gasteiger partial charge in [-0.05, 0) is 13.0 Å². The summed E-state index contributed by atoms with van der Waals surface area (Å²) in [5.74, 6) is -0.757. The number of nitrogens with one attached hydrogen (secondary N) is 1. The fraction of sp³-hybridized carbons (Fsp3) is 0.200. The normalized spacial score (nSPS) is 10.2. The highest BCUT2D eigenvalue weighted by molar-refractivity contribution is 7.18. The minimum atomic E-state index is -0.549. The van der Waals surface area contributed by atoms with Crippen LogP contribution in [0, 0.1) is 17.0 Å². The van der Waals surface area contributed by atoms with Gasteiger partial charge in [0.15, 0.2) is 5.75 Å². The quantitative estimate of drug-likeness (QED) is 0.485. The van der Waals surface area contributed by atoms with Crippen LogP contribution in [0.1, 0.15) is 28.6 Å². The number of amides is 1. The molecule has 1 amide bonds. The van der Waals surface area contributed by atoms with Gasteiger partial charge in [-0.3, -0.25) is 19.7 Å². The summed E-state index contributed by atoms with van der Waals surface area (Å²) >= 11 is 0.986. The Labute approximate surface area is 141 Å². The predicted molar refractivity (Wildman–Crippen MR) is 90.4 cm³/mol. The maximum atomic E-state index is 12.4. The highest BCUT2D eigenvalue weighted by Crippen LogP contribution is 2.38. The summed E-state index contributed by atoms with van der Waals surface area (Å²) in [5.41, 5.74) is 6.41. The number of nitrogens with two attached hydrogens (primary N) is 1. The van der Waals surface area contributed by atoms with Crippen molar-refractivity contribution in [1.29, 1.82) is 0 Å². The zero-order valence-electron chi connectivity index (χ0n) is 13.0. The topological polar surface area (TPSA) is 125 Å². The second kappa shape index (κ2) is 7.09. The number of ether oxygens (including phenoxy) is 1. The number of hydrogen-bond acceptors (Lipinski definition) is 7. The first-order valence-corrected chi connectivity index (χ1v) is 7.80. The molecule has 0 radical (unpaired) electrons. The molecule has 2 rings (SSSR count). The van der Waals surface area contributed by atoms with Gasteiger partial charge in [-0.1, -0.05) is 13.0 Å². The van der Waals surface area contributed by atoms with E-state index >= 15 is 0 Å². The molecule has 1 aromatic carbocycles. The van der Waals surface area contributed by atoms with Crippen LogP contribution in [-0.2, 0) is 4.79 Å². The number of non-ortho nitro benzene ring substituents is 1. The van der Waals surface area contributed by atoms with E-state index in [1.807, 2.05) is 0 Å². The Kier molecular flexibility index (Phi) is 5.14. The van der Waals surface area contributed by atoms with Gasteiger partial charge in [0.1, 0.15) is 9.88 Å². The number of carbonyl (C=O) groups excluding carboxylic acids is 2. The number of nitrogens with zero attached hydrogens (tertiary/aromatic N) is 1. The molecule has 0 fully saturated rings. The Balaban J connectivity index is 2.24. The van der Waals surface area contributed by atoms with Crippen molar-refractivity contribution in [3.63, 3.8) is 0 Å². The van der Waals surface area contributed by atoms with Crippen molar-refractivity contribution in [1.82, 2.24) is 0 Å². The van der Waals surface area contributed by atoms with E-state index in [0.29, 0.717) is 5.56 Å². The number of carbonyl (C=O) groups is 2. The van der Waals surface area contributed by atoms with Gasteiger partial charge in [-0.25, -0.2) is 0 Å². The Bertz CT molecular complexity index is 815. The van der Waals surface area contributed by atoms with Crippen molar-refractivity contribution in [3.05, 3.63) is 44.8 Å². The van der Waals surface area contributed by atoms with Crippen LogP contribution in [0.25, 0.3) is 0 Å². The second-order valence-corrected chi connectivity index (χ2v) is 5.89. The lowest BCUT2D eigenvalue weighted by molar-refractivity contribution is -0.384. The van der Waals surface area contributed by atoms with Gasteiger partial charge in [0.05, 0.1) is 4.92 Å². The summed E-state index contributed by atoms with van der Waals surface area (Å²) in [5, 5.41) is 13.6. The molecule has 0 bridgehead atoms. The van der Waals surface area contributed by atoms with Crippen LogP contribution in [0.15, 0.2) is 24.3 Å². The number of rotatable bonds is 5. The molecule has 24 heavy (non-hydrogen) atoms. The fourth-order valence-electron chi connectivity index (χ4n) is 1.94. The van der Waals surface area contributed by atoms with Crippen LogP contribution in [-0.4, -0.2) is 16.8 Å². The molecular formula is C15H15N3O5S. The maximum Gasteiger partial charge on any atom is 0.311 e. The van der Waals surface area contributed by atoms with Crippen molar-refractivity contribution in [3.8, 4) is 5.75 Å². The number of nitro groups is 1. The number of thiophene rings is 1. The zero-order valence-corrected chi connectivity index (χ0v) is 13.8. The first-order valence-electron chi connectivity index (χ1n) is 6.98. The molecule has 0 unspecified atom stereocenters. The van der Waals surface area contributed by atoms with E-state index in [1.165, 1.54) is 24.3 Å². The average Bonchev–Trinajstić information content (AvgIpc) is 2.83. The SMILES string of the molecule is CCC(=O)Oc1c(N)sc(C(=O)Nc2cccc([N+](=O)[O-])c2)c1C. The summed E-state index contributed by atoms with van der Waals surface area (Å²) in [6.45, 7) is 3.27. The van der Waals surface area contributed by atoms with Gasteiger partial charge in [0.25, 0.3) is 11.6 Å². The van der Waals surface area contributed by atoms with E-state index < -0.39 is 16.8 Å². The number of hydrogen-bond donors (Lipinski definition) is 2. The number of benzene rings is 1. The molecule has 1 heterocycles. The van der Waals surface area contributed by atoms with Gasteiger partial charge in [-0.15, -0.1) is 11.3 Å². The number of esters is 1. The first kappa shape index (κ1) is 17.4. The lowest BCUT2D eigenvalue weighted by atomic mass is 10.2. The molecule has 2 aromatic rings. The Hall–Kier alpha value is -2.94. The number of nitro benzene ring substituents is 1. The van der Waals surface area contributed by atoms with Gasteiger partial charge >= 0.3 is 5.97 Å². The van der Waals surface area contributed by atoms with Crippen molar-refractivity contribution in [2.24, 2.45) is 0 Å². The first-order chi connectivity index (χ1) is 11.3. The van der Waals surface area contributed by atoms with E-state index in [-0.39, 0.29) is 33.4 Å². The van der Waals surface area contributed by atoms with Gasteiger partial charge < -0.3 is 15.8 Å². The molecule has 0 aliphatic carbocycles. The third-order valence-corrected chi connectivity index (χ3v) is 4.24. The number of nitrogen functional groups attached to an aromatic ring is 1. The van der Waals surface area contributed by atoms with Crippen molar-refractivity contribution >= 4 is 39.6 Å². The van der Waals surface area contributed by atoms with Gasteiger partial charge in [0.2, 0.25) is 0 Å². The van der Waals surface area contributed by atoms with Crippen LogP contribution < -0.4 is 15.8 Å². The summed E-state index contributed by atoms with van der Waals surface area (Å²) < 4.78 is 5.13. The largest absolute Gasteiger partial charge is 0.423 e. The molecule has 9 heteroatoms. The molecular weight excluding hydrogens is 334 g/mol. The average molecular weight is 349 g/mol. The molecule has 3 N–H and O–H groups in total. The third kappa shape index (κ3) is 3.69. The van der Waals surface area contributed by atoms with E-state index in [0.717, 1.165) is 11.3 Å². The van der Waals surface area contributed by atoms with Crippen LogP contribution in [0.5, 0.6) is 5.75 Å². The molecule has 0 atom stereocenters. The third-order valence-electron chi connectivity index (χ3n) is 3.14. The van der Waals surface area contributed by atoms with Gasteiger partial charge in [0, 0.05) is 29.8 Å². The highest BCUT2D eigenvalue weighted by atomic mass is 32.1. The van der Waals surface area contributed by atoms with E-state index in [1.54, 1.807) is 13.8 Å². The Morgan fingerprint density at radius 2 is 2.12 bits per heavy atom. The van der Waals surface area contributed by atoms with Gasteiger partial charge in [-0.2, -0.15) is 0 Å². The molecule has 1 aromatic heterocycles. The van der Waals surface area contributed by atoms with E-state index in [9.17, 15) is 19.7 Å². The van der Waals surface area contributed by atoms with Crippen LogP contribution in [0.2, 0.25) is 0 Å². The van der Waals surface area contributed by atoms with Crippen LogP contribution in [0.4, 0.5) is 16.4 Å². The second-order valence-electron chi connectivity index (χ2n) is 4.84. The lowest BCUT2D eigenvalue weighted by Crippen LogP contribution is -2.12. The monoisotopic (exact) mass is 349 g/mol. The van der Waals surface area contributed by atoms with Crippen molar-refractivity contribution < 1.29 is 19.2 Å². The molecule has 0 spiro atoms. The molecule has 0 aliphatic heterocycles. The molecule has 0 saturated heterocycles. The fourth-order valence-corrected chi connectivity index (χ4v) is 2.83. The Morgan fingerprint density at radius 1 is 1.42 bits per heavy atom. The highest BCUT2D eigenvalue weighted by Gasteiger charge is 2.22. The predicted octanol–water partition coefficient (Wildman–Crippen LogP) is 3.11. The maximum absolute atomic E-state index is 12.4. The summed E-state index contributed by atoms with van der Waals surface area (Å²) in [6, 6.07) is 5.58. The van der Waals surface area contributed by atoms with Crippen LogP contribution >= 0.6 is 11.3 Å². The van der Waals surface area contributed by atoms with Crippen molar-refractivity contribution in [2.75, 3.05) is 11.1 Å². The number of anilines is 2. The minimum Gasteiger partial charge on any atom is -0.423 e. The Morgan fingerprint density at radius 3 is 2.75 bits per heavy atom. The minimum absolute atomic E-state index is 0.132. The van der Waals surface area contributed by atoms with Crippen LogP contribution in [0.3, 0.4) is 0 Å². The molecule has 126 valence electrons. The van der Waals surface area contributed by atoms with E-state index in [4.69, 9.17) is 10.5 Å². The lowest BCUT2D eigenvalue weighted by Gasteiger charge is -2.05. The summed E-state index contributed by atoms with van der Waals surface area (Å²) in [7, 11) is 0. The zero-order chi connectivity index (χ0) is 17.9. The van der Waals surface area contributed by atoms with E-state index in [2.05, 4.69) is 5.32 Å². The molecule has 8 nitrogen and oxygen atoms in total.